The van der Waals surface area contributed by atoms with Gasteiger partial charge in [-0.3, -0.25) is 14.6 Å². The molecule has 0 bridgehead atoms. The number of rotatable bonds is 9. The molecule has 2 N–H and O–H groups in total. The van der Waals surface area contributed by atoms with Gasteiger partial charge in [0.2, 0.25) is 0 Å². The Hall–Kier alpha value is -2.45. The van der Waals surface area contributed by atoms with Crippen LogP contribution in [0.4, 0.5) is 0 Å². The topological polar surface area (TPSA) is 112 Å². The molecule has 0 saturated heterocycles. The van der Waals surface area contributed by atoms with E-state index in [0.717, 1.165) is 17.1 Å². The van der Waals surface area contributed by atoms with Crippen molar-refractivity contribution in [3.8, 4) is 23.0 Å². The van der Waals surface area contributed by atoms with E-state index >= 15 is 0 Å². The number of carbonyl (C=O) groups excluding carboxylic acids is 1. The van der Waals surface area contributed by atoms with Crippen molar-refractivity contribution in [3.63, 3.8) is 0 Å². The molecule has 0 amide bonds. The number of hydrogen-bond donors (Lipinski definition) is 2. The molecule has 2 aromatic carbocycles. The summed E-state index contributed by atoms with van der Waals surface area (Å²) in [4.78, 5) is 32.0. The molecule has 10 heteroatoms. The van der Waals surface area contributed by atoms with E-state index in [-0.39, 0.29) is 17.3 Å². The molecule has 0 radical (unpaired) electrons. The molecule has 31 heavy (non-hydrogen) atoms. The number of thioether (sulfide) groups is 1. The number of phosphoric acid groups is 1. The minimum absolute atomic E-state index is 0.125. The first-order valence-electron chi connectivity index (χ1n) is 9.52. The third kappa shape index (κ3) is 6.27. The van der Waals surface area contributed by atoms with E-state index in [1.807, 2.05) is 6.92 Å². The fraction of sp³-hybridized carbons (Fsp3) is 0.286. The number of methoxy groups -OCH3 is 1. The molecule has 0 saturated carbocycles. The highest BCUT2D eigenvalue weighted by atomic mass is 32.2. The smallest absolute Gasteiger partial charge is 0.493 e. The summed E-state index contributed by atoms with van der Waals surface area (Å²) in [6.45, 7) is 3.05. The second kappa shape index (κ2) is 10.2. The largest absolute Gasteiger partial charge is 0.524 e. The summed E-state index contributed by atoms with van der Waals surface area (Å²) in [6.07, 6.45) is 3.70. The van der Waals surface area contributed by atoms with Gasteiger partial charge < -0.3 is 18.7 Å². The molecule has 2 aromatic rings. The number of allylic oxidation sites excluding steroid dienone is 1. The van der Waals surface area contributed by atoms with Gasteiger partial charge in [0.05, 0.1) is 30.8 Å². The van der Waals surface area contributed by atoms with Crippen molar-refractivity contribution < 1.29 is 37.9 Å². The van der Waals surface area contributed by atoms with Crippen molar-refractivity contribution in [1.82, 2.24) is 0 Å². The van der Waals surface area contributed by atoms with Crippen LogP contribution in [0.15, 0.2) is 41.3 Å². The lowest BCUT2D eigenvalue weighted by atomic mass is 10.1. The molecule has 0 fully saturated rings. The number of hydrogen-bond acceptors (Lipinski definition) is 7. The number of fused-ring (bicyclic) bond motifs is 1. The monoisotopic (exact) mass is 466 g/mol. The highest BCUT2D eigenvalue weighted by Crippen LogP contribution is 2.42. The Balaban J connectivity index is 1.88. The van der Waals surface area contributed by atoms with Gasteiger partial charge in [0.15, 0.2) is 17.3 Å². The van der Waals surface area contributed by atoms with Gasteiger partial charge in [-0.2, -0.15) is 0 Å². The Morgan fingerprint density at radius 3 is 2.74 bits per heavy atom. The summed E-state index contributed by atoms with van der Waals surface area (Å²) in [5.41, 5.74) is 0.922. The van der Waals surface area contributed by atoms with Crippen molar-refractivity contribution >= 4 is 31.4 Å². The van der Waals surface area contributed by atoms with Crippen LogP contribution in [0.5, 0.6) is 23.0 Å². The van der Waals surface area contributed by atoms with E-state index in [2.05, 4.69) is 4.52 Å². The van der Waals surface area contributed by atoms with Crippen LogP contribution >= 0.6 is 19.6 Å². The van der Waals surface area contributed by atoms with Crippen LogP contribution in [0.2, 0.25) is 0 Å². The highest BCUT2D eigenvalue weighted by molar-refractivity contribution is 7.99. The molecular weight excluding hydrogens is 443 g/mol. The van der Waals surface area contributed by atoms with Gasteiger partial charge in [-0.1, -0.05) is 19.1 Å². The van der Waals surface area contributed by atoms with Crippen LogP contribution in [0.3, 0.4) is 0 Å². The van der Waals surface area contributed by atoms with Crippen LogP contribution in [-0.2, 0) is 4.57 Å². The molecule has 0 unspecified atom stereocenters. The number of benzene rings is 2. The molecule has 3 rings (SSSR count). The maximum atomic E-state index is 12.9. The van der Waals surface area contributed by atoms with E-state index in [1.54, 1.807) is 30.0 Å². The second-order valence-corrected chi connectivity index (χ2v) is 8.83. The van der Waals surface area contributed by atoms with Gasteiger partial charge in [-0.25, -0.2) is 4.57 Å². The minimum atomic E-state index is -4.76. The Morgan fingerprint density at radius 2 is 2.03 bits per heavy atom. The second-order valence-electron chi connectivity index (χ2n) is 6.53. The Kier molecular flexibility index (Phi) is 7.67. The lowest BCUT2D eigenvalue weighted by Crippen LogP contribution is -2.10. The first-order chi connectivity index (χ1) is 14.8. The van der Waals surface area contributed by atoms with Crippen molar-refractivity contribution in [1.29, 1.82) is 0 Å². The van der Waals surface area contributed by atoms with Crippen molar-refractivity contribution in [2.45, 2.75) is 18.2 Å². The zero-order valence-corrected chi connectivity index (χ0v) is 18.8. The molecule has 0 atom stereocenters. The molecule has 166 valence electrons. The molecule has 0 aliphatic carbocycles. The first-order valence-corrected chi connectivity index (χ1v) is 12.0. The standard InChI is InChI=1S/C21H23O8PS/c1-3-8-27-18-13-20-21(31-10-9-28-20)12-15(18)16(22)6-4-14-5-7-17(26-2)19(11-14)29-30(23,24)25/h4-7,11-13H,3,8-10H2,1-2H3,(H2,23,24,25). The molecule has 1 aliphatic heterocycles. The Bertz CT molecular complexity index is 1030. The van der Waals surface area contributed by atoms with Crippen LogP contribution in [0.1, 0.15) is 29.3 Å². The predicted octanol–water partition coefficient (Wildman–Crippen LogP) is 4.34. The maximum absolute atomic E-state index is 12.9. The van der Waals surface area contributed by atoms with Gasteiger partial charge in [0.25, 0.3) is 0 Å². The summed E-state index contributed by atoms with van der Waals surface area (Å²) in [7, 11) is -3.41. The fourth-order valence-electron chi connectivity index (χ4n) is 2.85. The average molecular weight is 466 g/mol. The van der Waals surface area contributed by atoms with Crippen LogP contribution < -0.4 is 18.7 Å². The van der Waals surface area contributed by atoms with Crippen molar-refractivity contribution in [2.75, 3.05) is 26.1 Å². The number of phosphoric ester groups is 1. The third-order valence-electron chi connectivity index (χ3n) is 4.20. The number of carbonyl (C=O) groups is 1. The predicted molar refractivity (Wildman–Crippen MR) is 117 cm³/mol. The lowest BCUT2D eigenvalue weighted by molar-refractivity contribution is 0.104. The summed E-state index contributed by atoms with van der Waals surface area (Å²) >= 11 is 1.62. The molecular formula is C21H23O8PS. The first kappa shape index (κ1) is 23.2. The molecule has 8 nitrogen and oxygen atoms in total. The molecule has 0 spiro atoms. The van der Waals surface area contributed by atoms with Gasteiger partial charge in [0, 0.05) is 11.8 Å². The number of ketones is 1. The van der Waals surface area contributed by atoms with E-state index < -0.39 is 7.82 Å². The SMILES string of the molecule is CCCOc1cc2c(cc1C(=O)C=Cc1ccc(OC)c(OP(=O)(O)O)c1)SCCO2. The minimum Gasteiger partial charge on any atom is -0.493 e. The molecule has 1 heterocycles. The number of ether oxygens (including phenoxy) is 3. The van der Waals surface area contributed by atoms with E-state index in [4.69, 9.17) is 24.0 Å². The van der Waals surface area contributed by atoms with Crippen LogP contribution in [0, 0.1) is 0 Å². The van der Waals surface area contributed by atoms with E-state index in [1.165, 1.54) is 31.4 Å². The summed E-state index contributed by atoms with van der Waals surface area (Å²) in [5.74, 6) is 1.73. The summed E-state index contributed by atoms with van der Waals surface area (Å²) < 4.78 is 32.3. The van der Waals surface area contributed by atoms with Crippen molar-refractivity contribution in [3.05, 3.63) is 47.5 Å². The van der Waals surface area contributed by atoms with E-state index in [0.29, 0.717) is 35.8 Å². The van der Waals surface area contributed by atoms with Gasteiger partial charge in [0.1, 0.15) is 11.5 Å². The Labute approximate surface area is 184 Å². The fourth-order valence-corrected chi connectivity index (χ4v) is 4.10. The van der Waals surface area contributed by atoms with Gasteiger partial charge >= 0.3 is 7.82 Å². The average Bonchev–Trinajstić information content (AvgIpc) is 2.74. The molecule has 0 aromatic heterocycles. The highest BCUT2D eigenvalue weighted by Gasteiger charge is 2.20. The van der Waals surface area contributed by atoms with Crippen LogP contribution in [-0.4, -0.2) is 41.6 Å². The normalized spacial score (nSPS) is 13.4. The Morgan fingerprint density at radius 1 is 1.23 bits per heavy atom. The van der Waals surface area contributed by atoms with Crippen molar-refractivity contribution in [2.24, 2.45) is 0 Å². The maximum Gasteiger partial charge on any atom is 0.524 e. The van der Waals surface area contributed by atoms with E-state index in [9.17, 15) is 9.36 Å². The molecule has 1 aliphatic rings. The van der Waals surface area contributed by atoms with Crippen LogP contribution in [0.25, 0.3) is 6.08 Å². The zero-order chi connectivity index (χ0) is 22.4. The summed E-state index contributed by atoms with van der Waals surface area (Å²) in [5, 5.41) is 0. The third-order valence-corrected chi connectivity index (χ3v) is 5.64. The quantitative estimate of drug-likeness (QED) is 0.317. The van der Waals surface area contributed by atoms with Gasteiger partial charge in [-0.05, 0) is 36.3 Å². The van der Waals surface area contributed by atoms with Gasteiger partial charge in [-0.15, -0.1) is 11.8 Å². The summed E-state index contributed by atoms with van der Waals surface area (Å²) in [6, 6.07) is 8.04. The zero-order valence-electron chi connectivity index (χ0n) is 17.1. The lowest BCUT2D eigenvalue weighted by Gasteiger charge is -2.19.